The molecule has 0 saturated carbocycles. The van der Waals surface area contributed by atoms with Crippen LogP contribution in [0.3, 0.4) is 0 Å². The summed E-state index contributed by atoms with van der Waals surface area (Å²) < 4.78 is 10.7. The Morgan fingerprint density at radius 3 is 2.68 bits per heavy atom. The van der Waals surface area contributed by atoms with Gasteiger partial charge in [0.25, 0.3) is 0 Å². The Morgan fingerprint density at radius 2 is 1.93 bits per heavy atom. The number of ether oxygens (including phenoxy) is 2. The van der Waals surface area contributed by atoms with Crippen molar-refractivity contribution in [2.45, 2.75) is 32.4 Å². The number of aryl methyl sites for hydroxylation is 1. The lowest BCUT2D eigenvalue weighted by molar-refractivity contribution is -0.140. The van der Waals surface area contributed by atoms with Gasteiger partial charge in [0.2, 0.25) is 18.6 Å². The molecule has 0 aliphatic carbocycles. The molecule has 148 valence electrons. The molecule has 1 aliphatic heterocycles. The highest BCUT2D eigenvalue weighted by Crippen LogP contribution is 2.32. The van der Waals surface area contributed by atoms with E-state index < -0.39 is 6.04 Å². The fourth-order valence-corrected chi connectivity index (χ4v) is 3.33. The summed E-state index contributed by atoms with van der Waals surface area (Å²) in [6.07, 6.45) is 0.823. The molecule has 1 heterocycles. The maximum Gasteiger partial charge on any atom is 0.242 e. The summed E-state index contributed by atoms with van der Waals surface area (Å²) in [4.78, 5) is 26.7. The Labute approximate surface area is 169 Å². The summed E-state index contributed by atoms with van der Waals surface area (Å²) in [5.74, 6) is 1.09. The van der Waals surface area contributed by atoms with Crippen LogP contribution in [0.1, 0.15) is 24.5 Å². The van der Waals surface area contributed by atoms with Crippen LogP contribution in [0, 0.1) is 0 Å². The van der Waals surface area contributed by atoms with Crippen LogP contribution < -0.4 is 14.8 Å². The SMILES string of the molecule is CNC(=O)[C@@H](C)N(Cc1cccc(Cl)c1)C(=O)CCc1ccc2c(c1)OCO2. The van der Waals surface area contributed by atoms with Gasteiger partial charge in [-0.25, -0.2) is 0 Å². The van der Waals surface area contributed by atoms with Crippen LogP contribution in [0.15, 0.2) is 42.5 Å². The topological polar surface area (TPSA) is 67.9 Å². The first-order valence-electron chi connectivity index (χ1n) is 9.12. The van der Waals surface area contributed by atoms with E-state index in [0.29, 0.717) is 29.5 Å². The number of carbonyl (C=O) groups excluding carboxylic acids is 2. The minimum Gasteiger partial charge on any atom is -0.454 e. The van der Waals surface area contributed by atoms with E-state index in [-0.39, 0.29) is 25.0 Å². The summed E-state index contributed by atoms with van der Waals surface area (Å²) >= 11 is 6.06. The Kier molecular flexibility index (Phi) is 6.41. The summed E-state index contributed by atoms with van der Waals surface area (Å²) in [7, 11) is 1.56. The predicted octanol–water partition coefficient (Wildman–Crippen LogP) is 3.16. The molecule has 1 aliphatic rings. The van der Waals surface area contributed by atoms with Crippen LogP contribution in [0.5, 0.6) is 11.5 Å². The van der Waals surface area contributed by atoms with E-state index in [9.17, 15) is 9.59 Å². The number of benzene rings is 2. The maximum absolute atomic E-state index is 13.0. The average molecular weight is 403 g/mol. The van der Waals surface area contributed by atoms with Crippen molar-refractivity contribution in [1.82, 2.24) is 10.2 Å². The minimum atomic E-state index is -0.590. The number of nitrogens with zero attached hydrogens (tertiary/aromatic N) is 1. The van der Waals surface area contributed by atoms with Crippen molar-refractivity contribution in [3.8, 4) is 11.5 Å². The van der Waals surface area contributed by atoms with Gasteiger partial charge >= 0.3 is 0 Å². The zero-order chi connectivity index (χ0) is 20.1. The number of nitrogens with one attached hydrogen (secondary N) is 1. The highest BCUT2D eigenvalue weighted by Gasteiger charge is 2.25. The number of likely N-dealkylation sites (N-methyl/N-ethyl adjacent to an activating group) is 1. The standard InChI is InChI=1S/C21H23ClN2O4/c1-14(21(26)23-2)24(12-16-4-3-5-17(22)10-16)20(25)9-7-15-6-8-18-19(11-15)28-13-27-18/h3-6,8,10-11,14H,7,9,12-13H2,1-2H3,(H,23,26)/t14-/m1/s1. The molecule has 0 bridgehead atoms. The first-order valence-corrected chi connectivity index (χ1v) is 9.49. The molecule has 0 aromatic heterocycles. The first-order chi connectivity index (χ1) is 13.5. The lowest BCUT2D eigenvalue weighted by Gasteiger charge is -2.28. The van der Waals surface area contributed by atoms with Gasteiger partial charge in [-0.1, -0.05) is 29.8 Å². The molecule has 0 unspecified atom stereocenters. The van der Waals surface area contributed by atoms with Crippen LogP contribution in [0.2, 0.25) is 5.02 Å². The summed E-state index contributed by atoms with van der Waals surface area (Å²) in [6, 6.07) is 12.4. The molecule has 0 spiro atoms. The third-order valence-corrected chi connectivity index (χ3v) is 4.96. The Balaban J connectivity index is 1.71. The second-order valence-corrected chi connectivity index (χ2v) is 7.07. The smallest absolute Gasteiger partial charge is 0.242 e. The quantitative estimate of drug-likeness (QED) is 0.772. The highest BCUT2D eigenvalue weighted by atomic mass is 35.5. The van der Waals surface area contributed by atoms with Gasteiger partial charge in [-0.2, -0.15) is 0 Å². The van der Waals surface area contributed by atoms with Crippen molar-refractivity contribution < 1.29 is 19.1 Å². The molecule has 28 heavy (non-hydrogen) atoms. The fourth-order valence-electron chi connectivity index (χ4n) is 3.11. The van der Waals surface area contributed by atoms with Crippen molar-refractivity contribution in [3.63, 3.8) is 0 Å². The average Bonchev–Trinajstić information content (AvgIpc) is 3.17. The Hall–Kier alpha value is -2.73. The zero-order valence-corrected chi connectivity index (χ0v) is 16.7. The number of fused-ring (bicyclic) bond motifs is 1. The molecule has 0 saturated heterocycles. The van der Waals surface area contributed by atoms with Crippen molar-refractivity contribution in [2.75, 3.05) is 13.8 Å². The molecule has 3 rings (SSSR count). The van der Waals surface area contributed by atoms with Gasteiger partial charge < -0.3 is 19.7 Å². The summed E-state index contributed by atoms with van der Waals surface area (Å²) in [5.41, 5.74) is 1.85. The van der Waals surface area contributed by atoms with Crippen LogP contribution in [0.25, 0.3) is 0 Å². The lowest BCUT2D eigenvalue weighted by atomic mass is 10.1. The van der Waals surface area contributed by atoms with Crippen molar-refractivity contribution in [3.05, 3.63) is 58.6 Å². The zero-order valence-electron chi connectivity index (χ0n) is 15.9. The first kappa shape index (κ1) is 20.0. The number of hydrogen-bond acceptors (Lipinski definition) is 4. The second-order valence-electron chi connectivity index (χ2n) is 6.63. The summed E-state index contributed by atoms with van der Waals surface area (Å²) in [6.45, 7) is 2.26. The monoisotopic (exact) mass is 402 g/mol. The molecule has 1 N–H and O–H groups in total. The summed E-state index contributed by atoms with van der Waals surface area (Å²) in [5, 5.41) is 3.21. The molecule has 0 radical (unpaired) electrons. The molecule has 0 fully saturated rings. The second kappa shape index (κ2) is 8.97. The third kappa shape index (κ3) is 4.75. The lowest BCUT2D eigenvalue weighted by Crippen LogP contribution is -2.46. The van der Waals surface area contributed by atoms with Crippen LogP contribution in [-0.4, -0.2) is 36.6 Å². The van der Waals surface area contributed by atoms with Crippen molar-refractivity contribution >= 4 is 23.4 Å². The predicted molar refractivity (Wildman–Crippen MR) is 106 cm³/mol. The van der Waals surface area contributed by atoms with E-state index in [4.69, 9.17) is 21.1 Å². The van der Waals surface area contributed by atoms with E-state index in [0.717, 1.165) is 11.1 Å². The molecule has 7 heteroatoms. The third-order valence-electron chi connectivity index (χ3n) is 4.72. The number of rotatable bonds is 7. The molecule has 2 aromatic rings. The molecule has 1 atom stereocenters. The largest absolute Gasteiger partial charge is 0.454 e. The van der Waals surface area contributed by atoms with Crippen molar-refractivity contribution in [2.24, 2.45) is 0 Å². The Bertz CT molecular complexity index is 871. The highest BCUT2D eigenvalue weighted by molar-refractivity contribution is 6.30. The normalized spacial score (nSPS) is 13.1. The molecule has 2 aromatic carbocycles. The molecule has 6 nitrogen and oxygen atoms in total. The maximum atomic E-state index is 13.0. The van der Waals surface area contributed by atoms with Gasteiger partial charge in [0.1, 0.15) is 6.04 Å². The van der Waals surface area contributed by atoms with Gasteiger partial charge in [-0.15, -0.1) is 0 Å². The van der Waals surface area contributed by atoms with Crippen LogP contribution >= 0.6 is 11.6 Å². The van der Waals surface area contributed by atoms with Gasteiger partial charge in [0, 0.05) is 25.0 Å². The van der Waals surface area contributed by atoms with E-state index >= 15 is 0 Å². The Morgan fingerprint density at radius 1 is 1.14 bits per heavy atom. The molecule has 2 amide bonds. The molecular weight excluding hydrogens is 380 g/mol. The number of carbonyl (C=O) groups is 2. The van der Waals surface area contributed by atoms with E-state index in [1.807, 2.05) is 30.3 Å². The van der Waals surface area contributed by atoms with E-state index in [2.05, 4.69) is 5.32 Å². The van der Waals surface area contributed by atoms with Gasteiger partial charge in [0.05, 0.1) is 0 Å². The number of hydrogen-bond donors (Lipinski definition) is 1. The number of halogens is 1. The van der Waals surface area contributed by atoms with Crippen LogP contribution in [-0.2, 0) is 22.6 Å². The number of amides is 2. The molecular formula is C21H23ClN2O4. The minimum absolute atomic E-state index is 0.103. The van der Waals surface area contributed by atoms with Gasteiger partial charge in [-0.3, -0.25) is 9.59 Å². The van der Waals surface area contributed by atoms with Gasteiger partial charge in [-0.05, 0) is 48.7 Å². The fraction of sp³-hybridized carbons (Fsp3) is 0.333. The van der Waals surface area contributed by atoms with Crippen molar-refractivity contribution in [1.29, 1.82) is 0 Å². The van der Waals surface area contributed by atoms with E-state index in [1.165, 1.54) is 0 Å². The van der Waals surface area contributed by atoms with E-state index in [1.54, 1.807) is 31.0 Å². The van der Waals surface area contributed by atoms with Gasteiger partial charge in [0.15, 0.2) is 11.5 Å². The van der Waals surface area contributed by atoms with Crippen LogP contribution in [0.4, 0.5) is 0 Å².